The first-order chi connectivity index (χ1) is 28.9. The van der Waals surface area contributed by atoms with Gasteiger partial charge in [-0.05, 0) is 63.1 Å². The molecule has 0 spiro atoms. The number of benzene rings is 2. The Morgan fingerprint density at radius 3 is 2.37 bits per heavy atom. The minimum atomic E-state index is -1.31. The Kier molecular flexibility index (Phi) is 12.6. The minimum Gasteiger partial charge on any atom is -0.491 e. The van der Waals surface area contributed by atoms with E-state index in [1.54, 1.807) is 48.0 Å². The summed E-state index contributed by atoms with van der Waals surface area (Å²) in [6.45, 7) is 12.6. The van der Waals surface area contributed by atoms with Gasteiger partial charge in [-0.1, -0.05) is 19.1 Å². The second kappa shape index (κ2) is 18.1. The maximum Gasteiger partial charge on any atom is 0.276 e. The molecule has 7 N–H and O–H groups in total. The first kappa shape index (κ1) is 41.6. The molecular weight excluding hydrogens is 773 g/mol. The third-order valence-corrected chi connectivity index (χ3v) is 10.2. The highest BCUT2D eigenvalue weighted by molar-refractivity contribution is 6.03. The van der Waals surface area contributed by atoms with E-state index in [2.05, 4.69) is 30.6 Å². The summed E-state index contributed by atoms with van der Waals surface area (Å²) in [5, 5.41) is 21.8. The van der Waals surface area contributed by atoms with Crippen molar-refractivity contribution in [2.75, 3.05) is 50.1 Å². The van der Waals surface area contributed by atoms with Crippen LogP contribution in [0.1, 0.15) is 80.7 Å². The summed E-state index contributed by atoms with van der Waals surface area (Å²) >= 11 is 0. The number of carbonyl (C=O) groups is 3. The van der Waals surface area contributed by atoms with Crippen LogP contribution in [-0.4, -0.2) is 101 Å². The van der Waals surface area contributed by atoms with Crippen molar-refractivity contribution in [1.82, 2.24) is 38.8 Å². The van der Waals surface area contributed by atoms with Crippen LogP contribution in [0.5, 0.6) is 5.75 Å². The van der Waals surface area contributed by atoms with Gasteiger partial charge in [0.05, 0.1) is 47.8 Å². The topological polar surface area (TPSA) is 249 Å². The molecule has 0 bridgehead atoms. The summed E-state index contributed by atoms with van der Waals surface area (Å²) in [5.41, 5.74) is 15.6. The Bertz CT molecular complexity index is 2560. The standard InChI is InChI=1S/C41H50N12O7/c1-5-28-35(60-25(4)44-28)39(57)48-41-46-30-22-27(37(43)55)23-33(59-17-9-12-50-15-18-58-19-16-50)34(30)52(41)14-8-7-13-51-31-11-10-26(36(42)54)21-29(31)45-40(51)47-38(56)32-20-24(3)49-53(32)6-2/h7-8,10-11,20-23,39,57H,5-6,9,12-19H2,1-4H3,(H2,42,54)(H2,43,55)(H,46,48)(H,45,47,56)/b8-7+. The number of rotatable bonds is 18. The fraction of sp³-hybridized carbons (Fsp3) is 0.390. The van der Waals surface area contributed by atoms with Crippen molar-refractivity contribution in [2.24, 2.45) is 11.5 Å². The van der Waals surface area contributed by atoms with E-state index in [0.29, 0.717) is 83.6 Å². The Morgan fingerprint density at radius 1 is 0.933 bits per heavy atom. The Labute approximate surface area is 345 Å². The molecule has 1 atom stereocenters. The lowest BCUT2D eigenvalue weighted by atomic mass is 10.1. The number of morpholine rings is 1. The smallest absolute Gasteiger partial charge is 0.276 e. The number of ether oxygens (including phenoxy) is 2. The molecule has 1 fully saturated rings. The van der Waals surface area contributed by atoms with Crippen LogP contribution in [0.2, 0.25) is 0 Å². The Hall–Kier alpha value is -6.57. The highest BCUT2D eigenvalue weighted by atomic mass is 16.5. The Morgan fingerprint density at radius 2 is 1.65 bits per heavy atom. The molecule has 19 heteroatoms. The molecule has 1 saturated heterocycles. The number of aromatic nitrogens is 7. The number of anilines is 2. The summed E-state index contributed by atoms with van der Waals surface area (Å²) < 4.78 is 22.9. The van der Waals surface area contributed by atoms with E-state index in [9.17, 15) is 19.5 Å². The maximum absolute atomic E-state index is 13.5. The zero-order valence-electron chi connectivity index (χ0n) is 34.1. The fourth-order valence-electron chi connectivity index (χ4n) is 7.26. The van der Waals surface area contributed by atoms with Crippen molar-refractivity contribution in [1.29, 1.82) is 0 Å². The molecule has 1 aliphatic rings. The van der Waals surface area contributed by atoms with Crippen LogP contribution in [0.4, 0.5) is 11.9 Å². The number of fused-ring (bicyclic) bond motifs is 2. The van der Waals surface area contributed by atoms with Gasteiger partial charge in [-0.25, -0.2) is 15.0 Å². The van der Waals surface area contributed by atoms with Crippen LogP contribution >= 0.6 is 0 Å². The van der Waals surface area contributed by atoms with Crippen molar-refractivity contribution in [3.8, 4) is 5.75 Å². The number of nitrogens with zero attached hydrogens (tertiary/aromatic N) is 8. The molecule has 7 rings (SSSR count). The lowest BCUT2D eigenvalue weighted by Crippen LogP contribution is -2.37. The first-order valence-electron chi connectivity index (χ1n) is 19.9. The second-order valence-corrected chi connectivity index (χ2v) is 14.4. The highest BCUT2D eigenvalue weighted by Gasteiger charge is 2.24. The van der Waals surface area contributed by atoms with E-state index >= 15 is 0 Å². The van der Waals surface area contributed by atoms with Crippen molar-refractivity contribution in [3.05, 3.63) is 88.4 Å². The van der Waals surface area contributed by atoms with Gasteiger partial charge < -0.3 is 44.9 Å². The third kappa shape index (κ3) is 9.02. The van der Waals surface area contributed by atoms with E-state index in [-0.39, 0.29) is 41.9 Å². The zero-order chi connectivity index (χ0) is 42.5. The van der Waals surface area contributed by atoms with E-state index in [1.807, 2.05) is 42.1 Å². The van der Waals surface area contributed by atoms with Gasteiger partial charge in [0.25, 0.3) is 5.91 Å². The summed E-state index contributed by atoms with van der Waals surface area (Å²) in [6, 6.07) is 9.82. The number of allylic oxidation sites excluding steroid dienone is 2. The minimum absolute atomic E-state index is 0.218. The molecule has 1 unspecified atom stereocenters. The van der Waals surface area contributed by atoms with Crippen LogP contribution in [0.25, 0.3) is 22.1 Å². The molecule has 5 heterocycles. The molecule has 0 radical (unpaired) electrons. The number of aliphatic hydroxyl groups is 1. The van der Waals surface area contributed by atoms with Gasteiger partial charge in [0.1, 0.15) is 17.0 Å². The van der Waals surface area contributed by atoms with Crippen LogP contribution in [0.3, 0.4) is 0 Å². The van der Waals surface area contributed by atoms with Crippen molar-refractivity contribution >= 4 is 51.7 Å². The number of oxazole rings is 1. The predicted molar refractivity (Wildman–Crippen MR) is 223 cm³/mol. The predicted octanol–water partition coefficient (Wildman–Crippen LogP) is 3.68. The van der Waals surface area contributed by atoms with Gasteiger partial charge in [0.2, 0.25) is 23.7 Å². The number of nitrogens with one attached hydrogen (secondary N) is 2. The van der Waals surface area contributed by atoms with Crippen molar-refractivity contribution in [3.63, 3.8) is 0 Å². The number of hydrogen-bond donors (Lipinski definition) is 5. The normalized spacial score (nSPS) is 14.0. The quantitative estimate of drug-likeness (QED) is 0.0472. The van der Waals surface area contributed by atoms with Crippen molar-refractivity contribution in [2.45, 2.75) is 66.4 Å². The van der Waals surface area contributed by atoms with Gasteiger partial charge in [0, 0.05) is 57.3 Å². The summed E-state index contributed by atoms with van der Waals surface area (Å²) in [7, 11) is 0. The third-order valence-electron chi connectivity index (χ3n) is 10.2. The largest absolute Gasteiger partial charge is 0.491 e. The van der Waals surface area contributed by atoms with Crippen molar-refractivity contribution < 1.29 is 33.4 Å². The number of hydrogen-bond acceptors (Lipinski definition) is 13. The van der Waals surface area contributed by atoms with Gasteiger partial charge in [-0.15, -0.1) is 0 Å². The van der Waals surface area contributed by atoms with Gasteiger partial charge in [-0.3, -0.25) is 29.3 Å². The second-order valence-electron chi connectivity index (χ2n) is 14.4. The fourth-order valence-corrected chi connectivity index (χ4v) is 7.26. The van der Waals surface area contributed by atoms with E-state index in [4.69, 9.17) is 30.3 Å². The Balaban J connectivity index is 1.22. The van der Waals surface area contributed by atoms with Gasteiger partial charge in [-0.2, -0.15) is 5.10 Å². The molecule has 4 aromatic heterocycles. The molecular formula is C41H50N12O7. The summed E-state index contributed by atoms with van der Waals surface area (Å²) in [6.07, 6.45) is 3.73. The molecule has 6 aromatic rings. The average Bonchev–Trinajstić information content (AvgIpc) is 4.00. The SMILES string of the molecule is CCc1nc(C)oc1C(O)Nc1nc2cc(C(N)=O)cc(OCCCN3CCOCC3)c2n1C/C=C/Cn1c(NC(=O)c2cc(C)nn2CC)nc2cc(C(N)=O)ccc21. The molecule has 0 saturated carbocycles. The average molecular weight is 823 g/mol. The van der Waals surface area contributed by atoms with E-state index in [1.165, 1.54) is 0 Å². The lowest BCUT2D eigenvalue weighted by molar-refractivity contribution is 0.0358. The molecule has 3 amide bonds. The van der Waals surface area contributed by atoms with Crippen LogP contribution in [0.15, 0.2) is 53.0 Å². The number of aliphatic hydroxyl groups excluding tert-OH is 1. The lowest BCUT2D eigenvalue weighted by Gasteiger charge is -2.26. The molecule has 19 nitrogen and oxygen atoms in total. The van der Waals surface area contributed by atoms with Crippen LogP contribution in [0, 0.1) is 13.8 Å². The van der Waals surface area contributed by atoms with E-state index in [0.717, 1.165) is 26.1 Å². The highest BCUT2D eigenvalue weighted by Crippen LogP contribution is 2.33. The first-order valence-corrected chi connectivity index (χ1v) is 19.9. The van der Waals surface area contributed by atoms with Gasteiger partial charge in [0.15, 0.2) is 17.9 Å². The maximum atomic E-state index is 13.5. The number of nitrogens with two attached hydrogens (primary N) is 2. The molecule has 316 valence electrons. The summed E-state index contributed by atoms with van der Waals surface area (Å²) in [5.74, 6) is -0.0481. The number of carbonyl (C=O) groups excluding carboxylic acids is 3. The number of imidazole rings is 2. The number of amides is 3. The molecule has 2 aromatic carbocycles. The number of aryl methyl sites for hydroxylation is 4. The van der Waals surface area contributed by atoms with E-state index < -0.39 is 23.9 Å². The molecule has 1 aliphatic heterocycles. The molecule has 60 heavy (non-hydrogen) atoms. The monoisotopic (exact) mass is 822 g/mol. The zero-order valence-corrected chi connectivity index (χ0v) is 34.1. The number of primary amides is 2. The van der Waals surface area contributed by atoms with Crippen LogP contribution in [-0.2, 0) is 30.8 Å². The summed E-state index contributed by atoms with van der Waals surface area (Å²) in [4.78, 5) is 54.3. The van der Waals surface area contributed by atoms with Gasteiger partial charge >= 0.3 is 0 Å². The van der Waals surface area contributed by atoms with Crippen LogP contribution < -0.4 is 26.8 Å². The molecule has 0 aliphatic carbocycles.